The molecule has 0 bridgehead atoms. The van der Waals surface area contributed by atoms with Gasteiger partial charge in [-0.25, -0.2) is 4.39 Å². The maximum Gasteiger partial charge on any atom is 0.258 e. The van der Waals surface area contributed by atoms with Gasteiger partial charge in [-0.3, -0.25) is 9.89 Å². The van der Waals surface area contributed by atoms with E-state index in [-0.39, 0.29) is 5.56 Å². The maximum absolute atomic E-state index is 13.8. The van der Waals surface area contributed by atoms with Gasteiger partial charge >= 0.3 is 0 Å². The highest BCUT2D eigenvalue weighted by Gasteiger charge is 2.19. The quantitative estimate of drug-likeness (QED) is 0.722. The summed E-state index contributed by atoms with van der Waals surface area (Å²) in [6, 6.07) is 13.0. The van der Waals surface area contributed by atoms with Gasteiger partial charge in [0, 0.05) is 10.6 Å². The van der Waals surface area contributed by atoms with Crippen LogP contribution in [-0.4, -0.2) is 16.1 Å². The van der Waals surface area contributed by atoms with Crippen molar-refractivity contribution >= 4 is 23.2 Å². The molecule has 2 N–H and O–H groups in total. The number of carbonyl (C=O) groups is 1. The maximum atomic E-state index is 13.8. The number of rotatable bonds is 4. The van der Waals surface area contributed by atoms with Crippen molar-refractivity contribution in [2.45, 2.75) is 13.3 Å². The Balaban J connectivity index is 2.00. The van der Waals surface area contributed by atoms with Gasteiger partial charge in [-0.2, -0.15) is 5.10 Å². The Kier molecular flexibility index (Phi) is 4.62. The topological polar surface area (TPSA) is 57.8 Å². The monoisotopic (exact) mass is 343 g/mol. The lowest BCUT2D eigenvalue weighted by molar-refractivity contribution is 0.102. The van der Waals surface area contributed by atoms with Crippen LogP contribution in [0.2, 0.25) is 5.02 Å². The second-order valence-electron chi connectivity index (χ2n) is 5.22. The minimum Gasteiger partial charge on any atom is -0.318 e. The van der Waals surface area contributed by atoms with Crippen molar-refractivity contribution in [3.05, 3.63) is 70.6 Å². The van der Waals surface area contributed by atoms with Crippen molar-refractivity contribution in [1.82, 2.24) is 10.2 Å². The van der Waals surface area contributed by atoms with E-state index in [1.54, 1.807) is 30.3 Å². The fraction of sp³-hybridized carbons (Fsp3) is 0.111. The van der Waals surface area contributed by atoms with E-state index in [4.69, 9.17) is 11.6 Å². The zero-order chi connectivity index (χ0) is 17.1. The first-order valence-corrected chi connectivity index (χ1v) is 7.87. The van der Waals surface area contributed by atoms with E-state index in [2.05, 4.69) is 15.5 Å². The Labute approximate surface area is 143 Å². The lowest BCUT2D eigenvalue weighted by atomic mass is 10.1. The number of nitrogens with one attached hydrogen (secondary N) is 2. The van der Waals surface area contributed by atoms with Crippen molar-refractivity contribution in [3.8, 4) is 11.3 Å². The number of carbonyl (C=O) groups excluding carboxylic acids is 1. The number of benzene rings is 2. The zero-order valence-electron chi connectivity index (χ0n) is 12.9. The van der Waals surface area contributed by atoms with Crippen LogP contribution in [0.3, 0.4) is 0 Å². The zero-order valence-corrected chi connectivity index (χ0v) is 13.7. The Bertz CT molecular complexity index is 891. The molecule has 24 heavy (non-hydrogen) atoms. The van der Waals surface area contributed by atoms with Crippen LogP contribution in [0, 0.1) is 5.82 Å². The Morgan fingerprint density at radius 1 is 1.25 bits per heavy atom. The Morgan fingerprint density at radius 3 is 2.75 bits per heavy atom. The van der Waals surface area contributed by atoms with Crippen molar-refractivity contribution in [3.63, 3.8) is 0 Å². The van der Waals surface area contributed by atoms with Crippen LogP contribution in [0.4, 0.5) is 10.1 Å². The average Bonchev–Trinajstić information content (AvgIpc) is 2.97. The molecule has 6 heteroatoms. The van der Waals surface area contributed by atoms with Crippen LogP contribution < -0.4 is 5.32 Å². The molecular weight excluding hydrogens is 329 g/mol. The smallest absolute Gasteiger partial charge is 0.258 e. The van der Waals surface area contributed by atoms with Gasteiger partial charge in [0.15, 0.2) is 0 Å². The van der Waals surface area contributed by atoms with E-state index < -0.39 is 11.7 Å². The molecule has 1 aromatic heterocycles. The molecule has 1 heterocycles. The molecule has 0 spiro atoms. The fourth-order valence-corrected chi connectivity index (χ4v) is 2.63. The van der Waals surface area contributed by atoms with Crippen LogP contribution >= 0.6 is 11.6 Å². The van der Waals surface area contributed by atoms with Gasteiger partial charge in [0.05, 0.1) is 16.9 Å². The molecule has 0 saturated carbocycles. The fourth-order valence-electron chi connectivity index (χ4n) is 2.44. The normalized spacial score (nSPS) is 10.6. The molecule has 122 valence electrons. The lowest BCUT2D eigenvalue weighted by Gasteiger charge is -2.09. The summed E-state index contributed by atoms with van der Waals surface area (Å²) in [4.78, 5) is 12.4. The van der Waals surface area contributed by atoms with E-state index in [1.807, 2.05) is 13.0 Å². The second-order valence-corrected chi connectivity index (χ2v) is 5.66. The third kappa shape index (κ3) is 3.16. The standard InChI is InChI=1S/C18H15ClFN3O/c1-2-15-17(21-18(24)13-8-3-4-9-14(13)20)16(23-22-15)11-6-5-7-12(19)10-11/h3-10H,2H2,1H3,(H,21,24)(H,22,23). The minimum absolute atomic E-state index is 0.0159. The lowest BCUT2D eigenvalue weighted by Crippen LogP contribution is -2.15. The number of aromatic nitrogens is 2. The van der Waals surface area contributed by atoms with Gasteiger partial charge in [0.2, 0.25) is 0 Å². The van der Waals surface area contributed by atoms with Crippen LogP contribution in [0.5, 0.6) is 0 Å². The summed E-state index contributed by atoms with van der Waals surface area (Å²) in [5.74, 6) is -1.09. The average molecular weight is 344 g/mol. The van der Waals surface area contributed by atoms with Gasteiger partial charge in [-0.05, 0) is 30.7 Å². The minimum atomic E-state index is -0.569. The summed E-state index contributed by atoms with van der Waals surface area (Å²) in [5.41, 5.74) is 2.61. The molecule has 3 rings (SSSR count). The van der Waals surface area contributed by atoms with E-state index in [9.17, 15) is 9.18 Å². The predicted octanol–water partition coefficient (Wildman–Crippen LogP) is 4.68. The molecule has 0 radical (unpaired) electrons. The second kappa shape index (κ2) is 6.84. The van der Waals surface area contributed by atoms with E-state index in [0.29, 0.717) is 22.8 Å². The highest BCUT2D eigenvalue weighted by molar-refractivity contribution is 6.30. The third-order valence-corrected chi connectivity index (χ3v) is 3.88. The summed E-state index contributed by atoms with van der Waals surface area (Å²) in [6.45, 7) is 1.94. The Hall–Kier alpha value is -2.66. The first-order valence-electron chi connectivity index (χ1n) is 7.49. The summed E-state index contributed by atoms with van der Waals surface area (Å²) in [6.07, 6.45) is 0.639. The number of anilines is 1. The van der Waals surface area contributed by atoms with Crippen molar-refractivity contribution in [2.24, 2.45) is 0 Å². The number of hydrogen-bond donors (Lipinski definition) is 2. The molecule has 2 aromatic carbocycles. The first-order chi connectivity index (χ1) is 11.6. The molecule has 1 amide bonds. The molecule has 0 aliphatic carbocycles. The molecule has 0 fully saturated rings. The summed E-state index contributed by atoms with van der Waals surface area (Å²) in [5, 5.41) is 10.5. The predicted molar refractivity (Wildman–Crippen MR) is 92.8 cm³/mol. The van der Waals surface area contributed by atoms with Gasteiger partial charge < -0.3 is 5.32 Å². The van der Waals surface area contributed by atoms with E-state index >= 15 is 0 Å². The number of amides is 1. The van der Waals surface area contributed by atoms with Crippen LogP contribution in [-0.2, 0) is 6.42 Å². The Morgan fingerprint density at radius 2 is 2.04 bits per heavy atom. The summed E-state index contributed by atoms with van der Waals surface area (Å²) < 4.78 is 13.8. The molecule has 4 nitrogen and oxygen atoms in total. The largest absolute Gasteiger partial charge is 0.318 e. The number of aromatic amines is 1. The van der Waals surface area contributed by atoms with Gasteiger partial charge in [-0.1, -0.05) is 42.8 Å². The van der Waals surface area contributed by atoms with E-state index in [0.717, 1.165) is 11.3 Å². The molecule has 0 aliphatic heterocycles. The van der Waals surface area contributed by atoms with Gasteiger partial charge in [0.25, 0.3) is 5.91 Å². The number of halogens is 2. The third-order valence-electron chi connectivity index (χ3n) is 3.65. The van der Waals surface area contributed by atoms with Crippen LogP contribution in [0.15, 0.2) is 48.5 Å². The highest BCUT2D eigenvalue weighted by atomic mass is 35.5. The number of H-pyrrole nitrogens is 1. The summed E-state index contributed by atoms with van der Waals surface area (Å²) >= 11 is 6.04. The summed E-state index contributed by atoms with van der Waals surface area (Å²) in [7, 11) is 0. The van der Waals surface area contributed by atoms with Crippen molar-refractivity contribution in [1.29, 1.82) is 0 Å². The van der Waals surface area contributed by atoms with Gasteiger partial charge in [0.1, 0.15) is 11.5 Å². The van der Waals surface area contributed by atoms with Crippen LogP contribution in [0.1, 0.15) is 23.0 Å². The molecule has 0 unspecified atom stereocenters. The number of aryl methyl sites for hydroxylation is 1. The van der Waals surface area contributed by atoms with Crippen molar-refractivity contribution < 1.29 is 9.18 Å². The molecule has 0 aliphatic rings. The van der Waals surface area contributed by atoms with E-state index in [1.165, 1.54) is 12.1 Å². The molecule has 0 atom stereocenters. The highest BCUT2D eigenvalue weighted by Crippen LogP contribution is 2.31. The molecule has 0 saturated heterocycles. The van der Waals surface area contributed by atoms with Gasteiger partial charge in [-0.15, -0.1) is 0 Å². The van der Waals surface area contributed by atoms with Crippen molar-refractivity contribution in [2.75, 3.05) is 5.32 Å². The number of hydrogen-bond acceptors (Lipinski definition) is 2. The molecular formula is C18H15ClFN3O. The SMILES string of the molecule is CCc1[nH]nc(-c2cccc(Cl)c2)c1NC(=O)c1ccccc1F. The van der Waals surface area contributed by atoms with Crippen LogP contribution in [0.25, 0.3) is 11.3 Å². The molecule has 3 aromatic rings. The number of nitrogens with zero attached hydrogens (tertiary/aromatic N) is 1. The first kappa shape index (κ1) is 16.2.